The van der Waals surface area contributed by atoms with E-state index in [0.717, 1.165) is 15.7 Å². The zero-order valence-corrected chi connectivity index (χ0v) is 27.3. The summed E-state index contributed by atoms with van der Waals surface area (Å²) in [6.45, 7) is 1.63. The van der Waals surface area contributed by atoms with Gasteiger partial charge < -0.3 is 16.0 Å². The molecule has 0 atom stereocenters. The zero-order valence-electron chi connectivity index (χ0n) is 23.4. The summed E-state index contributed by atoms with van der Waals surface area (Å²) < 4.78 is 6.91. The van der Waals surface area contributed by atoms with E-state index in [4.69, 9.17) is 28.9 Å². The predicted octanol–water partition coefficient (Wildman–Crippen LogP) is 5.95. The van der Waals surface area contributed by atoms with Gasteiger partial charge in [-0.3, -0.25) is 8.80 Å². The second-order valence-corrected chi connectivity index (χ2v) is 12.2. The third-order valence-corrected chi connectivity index (χ3v) is 8.25. The molecule has 0 saturated carbocycles. The van der Waals surface area contributed by atoms with Crippen molar-refractivity contribution in [2.24, 2.45) is 0 Å². The van der Waals surface area contributed by atoms with Gasteiger partial charge in [-0.1, -0.05) is 38.1 Å². The molecule has 0 spiro atoms. The highest BCUT2D eigenvalue weighted by Crippen LogP contribution is 2.27. The maximum absolute atomic E-state index is 9.37. The second kappa shape index (κ2) is 15.3. The number of fused-ring (bicyclic) bond motifs is 4. The van der Waals surface area contributed by atoms with Crippen molar-refractivity contribution in [1.29, 1.82) is 0 Å². The molecule has 248 valence electrons. The Bertz CT molecular complexity index is 2330. The van der Waals surface area contributed by atoms with Crippen molar-refractivity contribution >= 4 is 100 Å². The van der Waals surface area contributed by atoms with Crippen LogP contribution in [0, 0.1) is 0 Å². The first kappa shape index (κ1) is 36.5. The summed E-state index contributed by atoms with van der Waals surface area (Å²) in [4.78, 5) is 8.45. The Balaban J connectivity index is 0.000000205. The molecule has 0 bridgehead atoms. The van der Waals surface area contributed by atoms with Crippen LogP contribution in [0.5, 0.6) is 0 Å². The van der Waals surface area contributed by atoms with Crippen LogP contribution in [0.1, 0.15) is 14.9 Å². The Morgan fingerprint density at radius 1 is 0.688 bits per heavy atom. The fraction of sp³-hybridized carbons (Fsp3) is 0.111. The third-order valence-electron chi connectivity index (χ3n) is 6.03. The van der Waals surface area contributed by atoms with Crippen LogP contribution in [0.4, 0.5) is 11.6 Å². The van der Waals surface area contributed by atoms with Crippen LogP contribution >= 0.6 is 59.1 Å². The summed E-state index contributed by atoms with van der Waals surface area (Å²) in [6.07, 6.45) is 6.91. The normalized spacial score (nSPS) is 10.7. The number of imidazole rings is 2. The lowest BCUT2D eigenvalue weighted by Crippen LogP contribution is -2.19. The van der Waals surface area contributed by atoms with Gasteiger partial charge in [0.05, 0.1) is 22.4 Å². The molecule has 48 heavy (non-hydrogen) atoms. The molecule has 8 rings (SSSR count). The van der Waals surface area contributed by atoms with Gasteiger partial charge in [0.2, 0.25) is 10.3 Å². The van der Waals surface area contributed by atoms with Crippen molar-refractivity contribution in [3.05, 3.63) is 83.4 Å². The van der Waals surface area contributed by atoms with Crippen LogP contribution in [-0.4, -0.2) is 70.5 Å². The van der Waals surface area contributed by atoms with Crippen molar-refractivity contribution in [1.82, 2.24) is 58.4 Å². The van der Waals surface area contributed by atoms with Gasteiger partial charge in [-0.2, -0.15) is 10.2 Å². The van der Waals surface area contributed by atoms with E-state index < -0.39 is 7.05 Å². The molecule has 15 nitrogen and oxygen atoms in total. The average Bonchev–Trinajstić information content (AvgIpc) is 3.78. The second-order valence-electron chi connectivity index (χ2n) is 9.38. The minimum Gasteiger partial charge on any atom is -0.433 e. The van der Waals surface area contributed by atoms with Gasteiger partial charge >= 0.3 is 7.05 Å². The standard InChI is InChI=1S/C13H11BClN7OS.C12H8ClN7S.2CH4.ClH/c1-14(23)17-9-7-22-10(16-9)4-5-12(20-22)24-13-19-18-11-3-2-8(15)6-21(11)13;13-7-1-2-10-16-17-12(19(10)5-7)21-11-4-3-9-15-8(14)6-20(9)18-11;;;/h2-7,17,23H,1H3;1-6H,14H2;2*1H4;1H. The molecule has 4 N–H and O–H groups in total. The third kappa shape index (κ3) is 7.86. The number of nitrogen functional groups attached to an aromatic ring is 1. The van der Waals surface area contributed by atoms with E-state index in [0.29, 0.717) is 48.9 Å². The Labute approximate surface area is 298 Å². The number of halogens is 3. The molecule has 0 amide bonds. The van der Waals surface area contributed by atoms with E-state index in [1.165, 1.54) is 23.5 Å². The number of hydrogen-bond acceptors (Lipinski definition) is 13. The summed E-state index contributed by atoms with van der Waals surface area (Å²) in [5.41, 5.74) is 8.47. The number of nitrogens with two attached hydrogens (primary N) is 1. The molecular weight excluding hydrogens is 718 g/mol. The molecule has 0 aliphatic rings. The fourth-order valence-electron chi connectivity index (χ4n) is 4.15. The van der Waals surface area contributed by atoms with Gasteiger partial charge in [0, 0.05) is 12.4 Å². The molecule has 0 aromatic carbocycles. The summed E-state index contributed by atoms with van der Waals surface area (Å²) >= 11 is 14.8. The lowest BCUT2D eigenvalue weighted by Gasteiger charge is -2.00. The van der Waals surface area contributed by atoms with Crippen LogP contribution in [0.3, 0.4) is 0 Å². The predicted molar refractivity (Wildman–Crippen MR) is 193 cm³/mol. The van der Waals surface area contributed by atoms with Crippen LogP contribution in [0.25, 0.3) is 22.6 Å². The zero-order chi connectivity index (χ0) is 31.1. The highest BCUT2D eigenvalue weighted by molar-refractivity contribution is 7.99. The number of hydrogen-bond donors (Lipinski definition) is 3. The van der Waals surface area contributed by atoms with Crippen molar-refractivity contribution < 1.29 is 5.02 Å². The quantitative estimate of drug-likeness (QED) is 0.170. The van der Waals surface area contributed by atoms with E-state index in [9.17, 15) is 5.02 Å². The van der Waals surface area contributed by atoms with E-state index in [2.05, 4.69) is 45.8 Å². The number of nitrogens with one attached hydrogen (secondary N) is 1. The van der Waals surface area contributed by atoms with Gasteiger partial charge in [-0.25, -0.2) is 19.0 Å². The molecule has 8 heterocycles. The lowest BCUT2D eigenvalue weighted by atomic mass is 9.89. The van der Waals surface area contributed by atoms with Crippen molar-refractivity contribution in [2.45, 2.75) is 42.0 Å². The average molecular weight is 746 g/mol. The van der Waals surface area contributed by atoms with Crippen molar-refractivity contribution in [3.8, 4) is 0 Å². The first-order chi connectivity index (χ1) is 21.8. The molecule has 0 saturated heterocycles. The number of anilines is 2. The highest BCUT2D eigenvalue weighted by atomic mass is 35.5. The first-order valence-corrected chi connectivity index (χ1v) is 15.5. The molecule has 8 aromatic heterocycles. The molecule has 21 heteroatoms. The Kier molecular flexibility index (Phi) is 11.6. The van der Waals surface area contributed by atoms with E-state index in [1.807, 2.05) is 39.1 Å². The topological polar surface area (TPSA) is 179 Å². The van der Waals surface area contributed by atoms with Gasteiger partial charge in [-0.05, 0) is 78.9 Å². The molecular formula is C27H28BCl3N14OS2. The minimum absolute atomic E-state index is 0. The van der Waals surface area contributed by atoms with Gasteiger partial charge in [0.1, 0.15) is 21.7 Å². The molecule has 0 unspecified atom stereocenters. The maximum atomic E-state index is 9.37. The monoisotopic (exact) mass is 744 g/mol. The molecule has 8 aromatic rings. The Hall–Kier alpha value is -4.33. The summed E-state index contributed by atoms with van der Waals surface area (Å²) in [5, 5.41) is 41.7. The summed E-state index contributed by atoms with van der Waals surface area (Å²) in [6, 6.07) is 14.6. The highest BCUT2D eigenvalue weighted by Gasteiger charge is 2.12. The maximum Gasteiger partial charge on any atom is 0.408 e. The number of aromatic nitrogens is 12. The van der Waals surface area contributed by atoms with Gasteiger partial charge in [0.15, 0.2) is 22.6 Å². The summed E-state index contributed by atoms with van der Waals surface area (Å²) in [5.74, 6) is 0.990. The van der Waals surface area contributed by atoms with Crippen LogP contribution < -0.4 is 11.0 Å². The SMILES string of the molecule is C.C.CB(O)Nc1cn2nc(Sc3nnc4ccc(Cl)cn34)ccc2n1.Cl.Nc1cn2nc(Sc3nnc4ccc(Cl)cn34)ccc2n1. The Morgan fingerprint density at radius 2 is 1.17 bits per heavy atom. The molecule has 0 radical (unpaired) electrons. The summed E-state index contributed by atoms with van der Waals surface area (Å²) in [7, 11) is -0.684. The van der Waals surface area contributed by atoms with Crippen LogP contribution in [0.15, 0.2) is 93.7 Å². The van der Waals surface area contributed by atoms with Crippen molar-refractivity contribution in [3.63, 3.8) is 0 Å². The van der Waals surface area contributed by atoms with E-state index >= 15 is 0 Å². The van der Waals surface area contributed by atoms with Crippen LogP contribution in [0.2, 0.25) is 16.9 Å². The molecule has 0 aliphatic heterocycles. The van der Waals surface area contributed by atoms with E-state index in [-0.39, 0.29) is 27.3 Å². The van der Waals surface area contributed by atoms with Gasteiger partial charge in [0.25, 0.3) is 0 Å². The lowest BCUT2D eigenvalue weighted by molar-refractivity contribution is 0.586. The molecule has 0 fully saturated rings. The number of pyridine rings is 2. The van der Waals surface area contributed by atoms with Gasteiger partial charge in [-0.15, -0.1) is 32.8 Å². The Morgan fingerprint density at radius 3 is 1.69 bits per heavy atom. The fourth-order valence-corrected chi connectivity index (χ4v) is 6.03. The molecule has 0 aliphatic carbocycles. The first-order valence-electron chi connectivity index (χ1n) is 13.1. The number of rotatable bonds is 6. The van der Waals surface area contributed by atoms with Crippen molar-refractivity contribution in [2.75, 3.05) is 11.0 Å². The number of nitrogens with zero attached hydrogens (tertiary/aromatic N) is 12. The largest absolute Gasteiger partial charge is 0.433 e. The minimum atomic E-state index is -0.684. The van der Waals surface area contributed by atoms with Crippen LogP contribution in [-0.2, 0) is 0 Å². The van der Waals surface area contributed by atoms with E-state index in [1.54, 1.807) is 58.8 Å². The smallest absolute Gasteiger partial charge is 0.408 e.